The summed E-state index contributed by atoms with van der Waals surface area (Å²) in [7, 11) is 0. The Labute approximate surface area is 126 Å². The molecule has 0 aromatic rings. The minimum absolute atomic E-state index is 0.0627. The summed E-state index contributed by atoms with van der Waals surface area (Å²) in [4.78, 5) is 14.0. The third-order valence-corrected chi connectivity index (χ3v) is 4.20. The van der Waals surface area contributed by atoms with Crippen LogP contribution in [0, 0.1) is 0 Å². The molecule has 2 aliphatic heterocycles. The van der Waals surface area contributed by atoms with Gasteiger partial charge in [-0.15, -0.1) is 0 Å². The number of aliphatic hydroxyl groups is 1. The number of hydrogen-bond acceptors (Lipinski definition) is 5. The molecule has 0 unspecified atom stereocenters. The average molecular weight is 300 g/mol. The Bertz CT molecular complexity index is 300. The highest BCUT2D eigenvalue weighted by molar-refractivity contribution is 5.76. The van der Waals surface area contributed by atoms with Crippen molar-refractivity contribution in [2.24, 2.45) is 0 Å². The van der Waals surface area contributed by atoms with Crippen LogP contribution in [0.2, 0.25) is 0 Å². The van der Waals surface area contributed by atoms with E-state index in [1.165, 1.54) is 0 Å². The van der Waals surface area contributed by atoms with Gasteiger partial charge in [-0.3, -0.25) is 4.79 Å². The van der Waals surface area contributed by atoms with Gasteiger partial charge in [0, 0.05) is 13.1 Å². The van der Waals surface area contributed by atoms with Crippen molar-refractivity contribution in [2.45, 2.75) is 44.3 Å². The first-order valence-corrected chi connectivity index (χ1v) is 8.12. The maximum absolute atomic E-state index is 12.1. The van der Waals surface area contributed by atoms with Crippen LogP contribution in [0.5, 0.6) is 0 Å². The number of hydrogen-bond donors (Lipinski definition) is 2. The number of nitrogens with one attached hydrogen (secondary N) is 1. The molecule has 2 fully saturated rings. The van der Waals surface area contributed by atoms with Gasteiger partial charge in [-0.25, -0.2) is 0 Å². The second-order valence-electron chi connectivity index (χ2n) is 5.74. The van der Waals surface area contributed by atoms with Gasteiger partial charge >= 0.3 is 0 Å². The first-order chi connectivity index (χ1) is 10.3. The van der Waals surface area contributed by atoms with Crippen molar-refractivity contribution >= 4 is 5.91 Å². The fraction of sp³-hybridized carbons (Fsp3) is 0.933. The number of aliphatic hydroxyl groups excluding tert-OH is 1. The number of piperidine rings is 2. The highest BCUT2D eigenvalue weighted by Crippen LogP contribution is 2.15. The van der Waals surface area contributed by atoms with E-state index in [2.05, 4.69) is 5.32 Å². The van der Waals surface area contributed by atoms with Crippen LogP contribution in [0.15, 0.2) is 0 Å². The van der Waals surface area contributed by atoms with E-state index in [1.807, 2.05) is 4.90 Å². The smallest absolute Gasteiger partial charge is 0.224 e. The third-order valence-electron chi connectivity index (χ3n) is 4.20. The van der Waals surface area contributed by atoms with Gasteiger partial charge < -0.3 is 24.8 Å². The highest BCUT2D eigenvalue weighted by atomic mass is 16.5. The second kappa shape index (κ2) is 9.35. The molecule has 2 heterocycles. The first-order valence-electron chi connectivity index (χ1n) is 8.12. The molecule has 0 saturated carbocycles. The summed E-state index contributed by atoms with van der Waals surface area (Å²) < 4.78 is 11.3. The van der Waals surface area contributed by atoms with E-state index >= 15 is 0 Å². The molecule has 0 spiro atoms. The monoisotopic (exact) mass is 300 g/mol. The number of likely N-dealkylation sites (tertiary alicyclic amines) is 1. The number of carbonyl (C=O) groups excluding carboxylic acids is 1. The lowest BCUT2D eigenvalue weighted by Gasteiger charge is -2.32. The Hall–Kier alpha value is -0.690. The van der Waals surface area contributed by atoms with E-state index in [-0.39, 0.29) is 18.6 Å². The summed E-state index contributed by atoms with van der Waals surface area (Å²) in [6, 6.07) is 0. The van der Waals surface area contributed by atoms with E-state index in [0.717, 1.165) is 51.9 Å². The van der Waals surface area contributed by atoms with Crippen molar-refractivity contribution in [3.8, 4) is 0 Å². The third kappa shape index (κ3) is 5.90. The van der Waals surface area contributed by atoms with Crippen LogP contribution >= 0.6 is 0 Å². The molecule has 0 aliphatic carbocycles. The standard InChI is InChI=1S/C15H28N2O4/c18-10-12-21-14-3-8-17(9-4-14)15(19)5-11-20-13-1-6-16-7-2-13/h13-14,16,18H,1-12H2. The fourth-order valence-electron chi connectivity index (χ4n) is 2.92. The Balaban J connectivity index is 1.56. The molecule has 0 aromatic heterocycles. The van der Waals surface area contributed by atoms with Crippen LogP contribution in [0.3, 0.4) is 0 Å². The maximum Gasteiger partial charge on any atom is 0.224 e. The van der Waals surface area contributed by atoms with Crippen molar-refractivity contribution in [3.05, 3.63) is 0 Å². The van der Waals surface area contributed by atoms with E-state index < -0.39 is 0 Å². The van der Waals surface area contributed by atoms with Crippen molar-refractivity contribution in [2.75, 3.05) is 46.0 Å². The van der Waals surface area contributed by atoms with E-state index in [9.17, 15) is 4.79 Å². The van der Waals surface area contributed by atoms with Gasteiger partial charge in [0.15, 0.2) is 0 Å². The molecule has 6 nitrogen and oxygen atoms in total. The topological polar surface area (TPSA) is 71.0 Å². The molecule has 2 N–H and O–H groups in total. The number of nitrogens with zero attached hydrogens (tertiary/aromatic N) is 1. The summed E-state index contributed by atoms with van der Waals surface area (Å²) in [5, 5.41) is 12.0. The zero-order valence-corrected chi connectivity index (χ0v) is 12.8. The number of rotatable bonds is 7. The van der Waals surface area contributed by atoms with Gasteiger partial charge in [0.05, 0.1) is 38.4 Å². The summed E-state index contributed by atoms with van der Waals surface area (Å²) in [5.41, 5.74) is 0. The molecule has 6 heteroatoms. The number of amides is 1. The lowest BCUT2D eigenvalue weighted by atomic mass is 10.1. The largest absolute Gasteiger partial charge is 0.394 e. The predicted molar refractivity (Wildman–Crippen MR) is 79.1 cm³/mol. The maximum atomic E-state index is 12.1. The lowest BCUT2D eigenvalue weighted by molar-refractivity contribution is -0.135. The minimum atomic E-state index is 0.0627. The zero-order chi connectivity index (χ0) is 14.9. The molecule has 2 rings (SSSR count). The van der Waals surface area contributed by atoms with Gasteiger partial charge in [-0.1, -0.05) is 0 Å². The van der Waals surface area contributed by atoms with Crippen LogP contribution in [-0.2, 0) is 14.3 Å². The Kier molecular flexibility index (Phi) is 7.43. The molecular weight excluding hydrogens is 272 g/mol. The van der Waals surface area contributed by atoms with Crippen molar-refractivity contribution in [1.29, 1.82) is 0 Å². The SMILES string of the molecule is O=C(CCOC1CCNCC1)N1CCC(OCCO)CC1. The van der Waals surface area contributed by atoms with Crippen LogP contribution in [-0.4, -0.2) is 74.1 Å². The molecular formula is C15H28N2O4. The van der Waals surface area contributed by atoms with E-state index in [1.54, 1.807) is 0 Å². The second-order valence-corrected chi connectivity index (χ2v) is 5.74. The summed E-state index contributed by atoms with van der Waals surface area (Å²) in [5.74, 6) is 0.185. The summed E-state index contributed by atoms with van der Waals surface area (Å²) in [6.07, 6.45) is 4.79. The van der Waals surface area contributed by atoms with Crippen LogP contribution in [0.25, 0.3) is 0 Å². The first kappa shape index (κ1) is 16.7. The molecule has 21 heavy (non-hydrogen) atoms. The minimum Gasteiger partial charge on any atom is -0.394 e. The Morgan fingerprint density at radius 1 is 1.05 bits per heavy atom. The van der Waals surface area contributed by atoms with Crippen LogP contribution in [0.1, 0.15) is 32.1 Å². The molecule has 122 valence electrons. The fourth-order valence-corrected chi connectivity index (χ4v) is 2.92. The quantitative estimate of drug-likeness (QED) is 0.700. The van der Waals surface area contributed by atoms with Crippen molar-refractivity contribution in [1.82, 2.24) is 10.2 Å². The average Bonchev–Trinajstić information content (AvgIpc) is 2.54. The Morgan fingerprint density at radius 3 is 2.33 bits per heavy atom. The molecule has 0 radical (unpaired) electrons. The zero-order valence-electron chi connectivity index (χ0n) is 12.8. The van der Waals surface area contributed by atoms with Gasteiger partial charge in [-0.2, -0.15) is 0 Å². The molecule has 0 atom stereocenters. The van der Waals surface area contributed by atoms with Crippen LogP contribution < -0.4 is 5.32 Å². The van der Waals surface area contributed by atoms with Gasteiger partial charge in [-0.05, 0) is 38.8 Å². The van der Waals surface area contributed by atoms with Gasteiger partial charge in [0.1, 0.15) is 0 Å². The van der Waals surface area contributed by atoms with Gasteiger partial charge in [0.2, 0.25) is 5.91 Å². The molecule has 0 aromatic carbocycles. The Morgan fingerprint density at radius 2 is 1.67 bits per heavy atom. The lowest BCUT2D eigenvalue weighted by Crippen LogP contribution is -2.41. The van der Waals surface area contributed by atoms with Crippen molar-refractivity contribution < 1.29 is 19.4 Å². The van der Waals surface area contributed by atoms with E-state index in [0.29, 0.717) is 25.7 Å². The van der Waals surface area contributed by atoms with E-state index in [4.69, 9.17) is 14.6 Å². The molecule has 2 aliphatic rings. The molecule has 1 amide bonds. The van der Waals surface area contributed by atoms with Crippen molar-refractivity contribution in [3.63, 3.8) is 0 Å². The summed E-state index contributed by atoms with van der Waals surface area (Å²) in [6.45, 7) is 4.52. The molecule has 0 bridgehead atoms. The summed E-state index contributed by atoms with van der Waals surface area (Å²) >= 11 is 0. The van der Waals surface area contributed by atoms with Crippen LogP contribution in [0.4, 0.5) is 0 Å². The predicted octanol–water partition coefficient (Wildman–Crippen LogP) is 0.145. The molecule has 2 saturated heterocycles. The highest BCUT2D eigenvalue weighted by Gasteiger charge is 2.23. The number of carbonyl (C=O) groups is 1. The normalized spacial score (nSPS) is 21.7. The van der Waals surface area contributed by atoms with Gasteiger partial charge in [0.25, 0.3) is 0 Å². The number of ether oxygens (including phenoxy) is 2.